The Hall–Kier alpha value is -0.650. The number of nitrogens with one attached hydrogen (secondary N) is 1. The van der Waals surface area contributed by atoms with E-state index in [0.29, 0.717) is 24.7 Å². The van der Waals surface area contributed by atoms with Crippen molar-refractivity contribution in [3.8, 4) is 0 Å². The van der Waals surface area contributed by atoms with Gasteiger partial charge in [-0.2, -0.15) is 0 Å². The molecule has 0 bridgehead atoms. The Morgan fingerprint density at radius 1 is 1.26 bits per heavy atom. The first-order chi connectivity index (χ1) is 9.24. The number of morpholine rings is 1. The zero-order valence-electron chi connectivity index (χ0n) is 11.5. The molecule has 3 atom stereocenters. The van der Waals surface area contributed by atoms with Gasteiger partial charge in [-0.15, -0.1) is 0 Å². The van der Waals surface area contributed by atoms with Gasteiger partial charge < -0.3 is 15.8 Å². The summed E-state index contributed by atoms with van der Waals surface area (Å²) in [7, 11) is 0. The second kappa shape index (κ2) is 5.77. The summed E-state index contributed by atoms with van der Waals surface area (Å²) in [5, 5.41) is 3.11. The highest BCUT2D eigenvalue weighted by molar-refractivity contribution is 5.82. The van der Waals surface area contributed by atoms with Gasteiger partial charge in [-0.3, -0.25) is 9.69 Å². The average molecular weight is 267 g/mol. The number of rotatable bonds is 3. The van der Waals surface area contributed by atoms with Crippen molar-refractivity contribution in [2.45, 2.75) is 62.7 Å². The molecule has 0 aromatic heterocycles. The van der Waals surface area contributed by atoms with E-state index in [2.05, 4.69) is 10.2 Å². The van der Waals surface area contributed by atoms with Gasteiger partial charge in [0.25, 0.3) is 0 Å². The van der Waals surface area contributed by atoms with Crippen molar-refractivity contribution < 1.29 is 9.53 Å². The van der Waals surface area contributed by atoms with Crippen LogP contribution in [0.2, 0.25) is 0 Å². The van der Waals surface area contributed by atoms with Crippen molar-refractivity contribution in [3.63, 3.8) is 0 Å². The van der Waals surface area contributed by atoms with Crippen LogP contribution in [0.15, 0.2) is 0 Å². The first-order valence-corrected chi connectivity index (χ1v) is 7.63. The lowest BCUT2D eigenvalue weighted by molar-refractivity contribution is -0.135. The predicted octanol–water partition coefficient (Wildman–Crippen LogP) is 0.236. The summed E-state index contributed by atoms with van der Waals surface area (Å²) in [6.45, 7) is 2.13. The summed E-state index contributed by atoms with van der Waals surface area (Å²) in [6.07, 6.45) is 6.76. The molecular formula is C14H25N3O2. The molecule has 5 heteroatoms. The summed E-state index contributed by atoms with van der Waals surface area (Å²) in [6, 6.07) is 1.07. The Bertz CT molecular complexity index is 333. The van der Waals surface area contributed by atoms with E-state index in [1.165, 1.54) is 12.8 Å². The highest BCUT2D eigenvalue weighted by atomic mass is 16.5. The molecule has 1 saturated heterocycles. The second-order valence-corrected chi connectivity index (χ2v) is 6.19. The molecule has 1 heterocycles. The number of ether oxygens (including phenoxy) is 1. The van der Waals surface area contributed by atoms with E-state index in [1.807, 2.05) is 0 Å². The fourth-order valence-electron chi connectivity index (χ4n) is 3.31. The number of nitrogens with zero attached hydrogens (tertiary/aromatic N) is 1. The number of nitrogens with two attached hydrogens (primary N) is 1. The van der Waals surface area contributed by atoms with Gasteiger partial charge in [-0.25, -0.2) is 0 Å². The molecule has 0 radical (unpaired) electrons. The molecule has 1 aliphatic heterocycles. The number of hydrogen-bond donors (Lipinski definition) is 2. The lowest BCUT2D eigenvalue weighted by atomic mass is 9.89. The normalized spacial score (nSPS) is 37.0. The first kappa shape index (κ1) is 13.3. The minimum Gasteiger partial charge on any atom is -0.378 e. The van der Waals surface area contributed by atoms with Crippen LogP contribution < -0.4 is 11.1 Å². The molecule has 0 aromatic carbocycles. The van der Waals surface area contributed by atoms with Gasteiger partial charge in [0, 0.05) is 24.7 Å². The Balaban J connectivity index is 1.63. The molecule has 2 aliphatic carbocycles. The van der Waals surface area contributed by atoms with Crippen molar-refractivity contribution in [2.24, 2.45) is 5.73 Å². The van der Waals surface area contributed by atoms with Crippen LogP contribution in [-0.4, -0.2) is 54.7 Å². The van der Waals surface area contributed by atoms with Crippen LogP contribution in [0.4, 0.5) is 0 Å². The highest BCUT2D eigenvalue weighted by Crippen LogP contribution is 2.26. The third kappa shape index (κ3) is 3.27. The molecule has 19 heavy (non-hydrogen) atoms. The van der Waals surface area contributed by atoms with Crippen LogP contribution in [0, 0.1) is 0 Å². The standard InChI is InChI=1S/C14H25N3O2/c15-10-2-1-3-12(8-10)17-6-7-19-9-13(17)14(18)16-11-4-5-11/h10-13H,1-9,15H2,(H,16,18). The monoisotopic (exact) mass is 267 g/mol. The van der Waals surface area contributed by atoms with Crippen molar-refractivity contribution in [3.05, 3.63) is 0 Å². The second-order valence-electron chi connectivity index (χ2n) is 6.19. The summed E-state index contributed by atoms with van der Waals surface area (Å²) < 4.78 is 5.52. The fraction of sp³-hybridized carbons (Fsp3) is 0.929. The molecule has 3 unspecified atom stereocenters. The summed E-state index contributed by atoms with van der Waals surface area (Å²) in [5.74, 6) is 0.154. The van der Waals surface area contributed by atoms with Gasteiger partial charge in [0.1, 0.15) is 6.04 Å². The number of hydrogen-bond acceptors (Lipinski definition) is 4. The van der Waals surface area contributed by atoms with Gasteiger partial charge in [0.05, 0.1) is 13.2 Å². The number of carbonyl (C=O) groups excluding carboxylic acids is 1. The summed E-state index contributed by atoms with van der Waals surface area (Å²) in [4.78, 5) is 14.7. The largest absolute Gasteiger partial charge is 0.378 e. The van der Waals surface area contributed by atoms with Crippen molar-refractivity contribution in [1.82, 2.24) is 10.2 Å². The number of carbonyl (C=O) groups is 1. The lowest BCUT2D eigenvalue weighted by Crippen LogP contribution is -2.58. The Morgan fingerprint density at radius 2 is 2.11 bits per heavy atom. The van der Waals surface area contributed by atoms with E-state index in [9.17, 15) is 4.79 Å². The maximum absolute atomic E-state index is 12.3. The quantitative estimate of drug-likeness (QED) is 0.768. The third-order valence-corrected chi connectivity index (χ3v) is 4.55. The van der Waals surface area contributed by atoms with E-state index >= 15 is 0 Å². The molecule has 0 spiro atoms. The summed E-state index contributed by atoms with van der Waals surface area (Å²) >= 11 is 0. The van der Waals surface area contributed by atoms with E-state index in [-0.39, 0.29) is 11.9 Å². The molecule has 3 aliphatic rings. The molecule has 0 aromatic rings. The molecule has 108 valence electrons. The van der Waals surface area contributed by atoms with Gasteiger partial charge in [-0.1, -0.05) is 6.42 Å². The molecular weight excluding hydrogens is 242 g/mol. The Labute approximate surface area is 114 Å². The Morgan fingerprint density at radius 3 is 2.84 bits per heavy atom. The first-order valence-electron chi connectivity index (χ1n) is 7.63. The predicted molar refractivity (Wildman–Crippen MR) is 72.7 cm³/mol. The zero-order chi connectivity index (χ0) is 13.2. The van der Waals surface area contributed by atoms with E-state index in [1.54, 1.807) is 0 Å². The van der Waals surface area contributed by atoms with E-state index in [0.717, 1.165) is 38.8 Å². The van der Waals surface area contributed by atoms with Crippen LogP contribution in [0.3, 0.4) is 0 Å². The molecule has 3 N–H and O–H groups in total. The van der Waals surface area contributed by atoms with Crippen molar-refractivity contribution >= 4 is 5.91 Å². The van der Waals surface area contributed by atoms with E-state index in [4.69, 9.17) is 10.5 Å². The van der Waals surface area contributed by atoms with Crippen LogP contribution in [-0.2, 0) is 9.53 Å². The van der Waals surface area contributed by atoms with Crippen LogP contribution in [0.5, 0.6) is 0 Å². The lowest BCUT2D eigenvalue weighted by Gasteiger charge is -2.42. The van der Waals surface area contributed by atoms with E-state index < -0.39 is 0 Å². The minimum atomic E-state index is -0.107. The molecule has 3 fully saturated rings. The highest BCUT2D eigenvalue weighted by Gasteiger charge is 2.37. The smallest absolute Gasteiger partial charge is 0.239 e. The fourth-order valence-corrected chi connectivity index (χ4v) is 3.31. The number of amides is 1. The van der Waals surface area contributed by atoms with Crippen LogP contribution in [0.25, 0.3) is 0 Å². The van der Waals surface area contributed by atoms with Crippen LogP contribution >= 0.6 is 0 Å². The van der Waals surface area contributed by atoms with Gasteiger partial charge in [0.15, 0.2) is 0 Å². The van der Waals surface area contributed by atoms with Gasteiger partial charge in [0.2, 0.25) is 5.91 Å². The van der Waals surface area contributed by atoms with Gasteiger partial charge in [-0.05, 0) is 32.1 Å². The van der Waals surface area contributed by atoms with Crippen molar-refractivity contribution in [2.75, 3.05) is 19.8 Å². The zero-order valence-corrected chi connectivity index (χ0v) is 11.5. The molecule has 5 nitrogen and oxygen atoms in total. The topological polar surface area (TPSA) is 67.6 Å². The van der Waals surface area contributed by atoms with Crippen molar-refractivity contribution in [1.29, 1.82) is 0 Å². The molecule has 1 amide bonds. The Kier molecular flexibility index (Phi) is 4.05. The SMILES string of the molecule is NC1CCCC(N2CCOCC2C(=O)NC2CC2)C1. The third-order valence-electron chi connectivity index (χ3n) is 4.55. The average Bonchev–Trinajstić information content (AvgIpc) is 3.23. The molecule has 3 rings (SSSR count). The molecule has 2 saturated carbocycles. The van der Waals surface area contributed by atoms with Gasteiger partial charge >= 0.3 is 0 Å². The maximum Gasteiger partial charge on any atom is 0.239 e. The van der Waals surface area contributed by atoms with Crippen LogP contribution in [0.1, 0.15) is 38.5 Å². The minimum absolute atomic E-state index is 0.107. The summed E-state index contributed by atoms with van der Waals surface area (Å²) in [5.41, 5.74) is 6.09. The maximum atomic E-state index is 12.3.